The molecule has 0 saturated carbocycles. The number of likely N-dealkylation sites (N-methyl/N-ethyl adjacent to an activating group) is 2. The molecule has 0 fully saturated rings. The maximum atomic E-state index is 12.4. The summed E-state index contributed by atoms with van der Waals surface area (Å²) in [5, 5.41) is 10.9. The number of nitrogens with zero attached hydrogens (tertiary/aromatic N) is 3. The molecule has 0 radical (unpaired) electrons. The molecule has 2 rings (SSSR count). The van der Waals surface area contributed by atoms with Gasteiger partial charge in [-0.25, -0.2) is 0 Å². The summed E-state index contributed by atoms with van der Waals surface area (Å²) < 4.78 is 0.701. The Hall–Kier alpha value is -1.96. The molecule has 0 aliphatic carbocycles. The Kier molecular flexibility index (Phi) is 6.52. The standard InChI is InChI=1S/C17H20ClN3O3S/c1-12(13-5-4-6-14(9-13)21(23)24)19(2)11-17(22)20(3)10-15-7-8-16(18)25-15/h4-9,12H,10-11H2,1-3H3. The first-order valence-corrected chi connectivity index (χ1v) is 8.90. The van der Waals surface area contributed by atoms with Crippen LogP contribution in [0.15, 0.2) is 36.4 Å². The molecule has 8 heteroatoms. The number of halogens is 1. The van der Waals surface area contributed by atoms with Crippen molar-refractivity contribution in [2.24, 2.45) is 0 Å². The number of carbonyl (C=O) groups excluding carboxylic acids is 1. The molecule has 0 N–H and O–H groups in total. The zero-order valence-corrected chi connectivity index (χ0v) is 15.9. The van der Waals surface area contributed by atoms with Gasteiger partial charge in [0, 0.05) is 30.1 Å². The second-order valence-electron chi connectivity index (χ2n) is 5.90. The Morgan fingerprint density at radius 1 is 1.32 bits per heavy atom. The summed E-state index contributed by atoms with van der Waals surface area (Å²) in [5.41, 5.74) is 0.855. The minimum absolute atomic E-state index is 0.0238. The van der Waals surface area contributed by atoms with Crippen LogP contribution in [0.2, 0.25) is 4.34 Å². The lowest BCUT2D eigenvalue weighted by molar-refractivity contribution is -0.384. The van der Waals surface area contributed by atoms with Crippen LogP contribution in [0.25, 0.3) is 0 Å². The van der Waals surface area contributed by atoms with E-state index in [1.807, 2.05) is 37.1 Å². The molecule has 1 heterocycles. The fourth-order valence-electron chi connectivity index (χ4n) is 2.38. The van der Waals surface area contributed by atoms with Gasteiger partial charge in [0.25, 0.3) is 5.69 Å². The van der Waals surface area contributed by atoms with Gasteiger partial charge in [-0.05, 0) is 31.7 Å². The van der Waals surface area contributed by atoms with Crippen molar-refractivity contribution in [2.45, 2.75) is 19.5 Å². The van der Waals surface area contributed by atoms with Crippen LogP contribution in [-0.4, -0.2) is 41.3 Å². The molecule has 2 aromatic rings. The van der Waals surface area contributed by atoms with Crippen molar-refractivity contribution in [1.82, 2.24) is 9.80 Å². The van der Waals surface area contributed by atoms with E-state index < -0.39 is 4.92 Å². The second-order valence-corrected chi connectivity index (χ2v) is 7.70. The van der Waals surface area contributed by atoms with Crippen molar-refractivity contribution in [1.29, 1.82) is 0 Å². The zero-order valence-electron chi connectivity index (χ0n) is 14.3. The van der Waals surface area contributed by atoms with Crippen molar-refractivity contribution >= 4 is 34.5 Å². The predicted octanol–water partition coefficient (Wildman–Crippen LogP) is 3.96. The molecule has 0 aliphatic rings. The van der Waals surface area contributed by atoms with Gasteiger partial charge in [-0.1, -0.05) is 23.7 Å². The number of benzene rings is 1. The van der Waals surface area contributed by atoms with Crippen LogP contribution < -0.4 is 0 Å². The van der Waals surface area contributed by atoms with Crippen LogP contribution in [0.5, 0.6) is 0 Å². The van der Waals surface area contributed by atoms with Gasteiger partial charge in [0.15, 0.2) is 0 Å². The molecule has 1 aromatic carbocycles. The van der Waals surface area contributed by atoms with E-state index in [1.54, 1.807) is 24.1 Å². The molecule has 25 heavy (non-hydrogen) atoms. The zero-order chi connectivity index (χ0) is 18.6. The van der Waals surface area contributed by atoms with Crippen molar-refractivity contribution in [3.05, 3.63) is 61.3 Å². The van der Waals surface area contributed by atoms with E-state index >= 15 is 0 Å². The van der Waals surface area contributed by atoms with Crippen LogP contribution in [0.1, 0.15) is 23.4 Å². The molecule has 1 unspecified atom stereocenters. The first-order valence-electron chi connectivity index (χ1n) is 7.70. The Balaban J connectivity index is 1.97. The molecule has 0 spiro atoms. The third kappa shape index (κ3) is 5.26. The maximum Gasteiger partial charge on any atom is 0.269 e. The average molecular weight is 382 g/mol. The average Bonchev–Trinajstić information content (AvgIpc) is 2.98. The summed E-state index contributed by atoms with van der Waals surface area (Å²) >= 11 is 7.36. The molecule has 0 aliphatic heterocycles. The number of hydrogen-bond acceptors (Lipinski definition) is 5. The highest BCUT2D eigenvalue weighted by atomic mass is 35.5. The Morgan fingerprint density at radius 2 is 2.04 bits per heavy atom. The molecule has 1 amide bonds. The van der Waals surface area contributed by atoms with E-state index in [2.05, 4.69) is 0 Å². The monoisotopic (exact) mass is 381 g/mol. The highest BCUT2D eigenvalue weighted by molar-refractivity contribution is 7.16. The molecular formula is C17H20ClN3O3S. The second kappa shape index (κ2) is 8.42. The molecule has 1 atom stereocenters. The lowest BCUT2D eigenvalue weighted by atomic mass is 10.1. The fraction of sp³-hybridized carbons (Fsp3) is 0.353. The first-order chi connectivity index (χ1) is 11.8. The van der Waals surface area contributed by atoms with E-state index in [4.69, 9.17) is 11.6 Å². The van der Waals surface area contributed by atoms with Crippen molar-refractivity contribution in [3.63, 3.8) is 0 Å². The number of amides is 1. The minimum atomic E-state index is -0.415. The van der Waals surface area contributed by atoms with Crippen LogP contribution in [0.4, 0.5) is 5.69 Å². The van der Waals surface area contributed by atoms with Crippen molar-refractivity contribution in [2.75, 3.05) is 20.6 Å². The van der Waals surface area contributed by atoms with E-state index in [9.17, 15) is 14.9 Å². The molecular weight excluding hydrogens is 362 g/mol. The number of non-ortho nitro benzene ring substituents is 1. The number of rotatable bonds is 7. The van der Waals surface area contributed by atoms with Gasteiger partial charge in [-0.3, -0.25) is 19.8 Å². The van der Waals surface area contributed by atoms with Gasteiger partial charge in [0.1, 0.15) is 0 Å². The maximum absolute atomic E-state index is 12.4. The van der Waals surface area contributed by atoms with Gasteiger partial charge < -0.3 is 4.90 Å². The predicted molar refractivity (Wildman–Crippen MR) is 99.9 cm³/mol. The molecule has 0 saturated heterocycles. The van der Waals surface area contributed by atoms with Crippen molar-refractivity contribution < 1.29 is 9.72 Å². The third-order valence-electron chi connectivity index (χ3n) is 4.06. The summed E-state index contributed by atoms with van der Waals surface area (Å²) in [6, 6.07) is 10.1. The molecule has 1 aromatic heterocycles. The summed E-state index contributed by atoms with van der Waals surface area (Å²) in [6.45, 7) is 2.65. The summed E-state index contributed by atoms with van der Waals surface area (Å²) in [5.74, 6) is -0.0238. The van der Waals surface area contributed by atoms with Gasteiger partial charge in [-0.15, -0.1) is 11.3 Å². The Labute approximate surface area is 155 Å². The summed E-state index contributed by atoms with van der Waals surface area (Å²) in [4.78, 5) is 27.5. The number of nitro benzene ring substituents is 1. The van der Waals surface area contributed by atoms with Gasteiger partial charge >= 0.3 is 0 Å². The van der Waals surface area contributed by atoms with E-state index in [0.29, 0.717) is 10.9 Å². The van der Waals surface area contributed by atoms with Gasteiger partial charge in [0.05, 0.1) is 22.3 Å². The minimum Gasteiger partial charge on any atom is -0.340 e. The van der Waals surface area contributed by atoms with E-state index in [0.717, 1.165) is 10.4 Å². The molecule has 0 bridgehead atoms. The Bertz CT molecular complexity index is 765. The molecule has 134 valence electrons. The highest BCUT2D eigenvalue weighted by Gasteiger charge is 2.19. The number of nitro groups is 1. The summed E-state index contributed by atoms with van der Waals surface area (Å²) in [6.07, 6.45) is 0. The number of thiophene rings is 1. The SMILES string of the molecule is CC(c1cccc([N+](=O)[O-])c1)N(C)CC(=O)N(C)Cc1ccc(Cl)s1. The lowest BCUT2D eigenvalue weighted by Gasteiger charge is -2.26. The van der Waals surface area contributed by atoms with Crippen LogP contribution in [-0.2, 0) is 11.3 Å². The van der Waals surface area contributed by atoms with Crippen molar-refractivity contribution in [3.8, 4) is 0 Å². The van der Waals surface area contributed by atoms with Crippen LogP contribution in [0, 0.1) is 10.1 Å². The smallest absolute Gasteiger partial charge is 0.269 e. The largest absolute Gasteiger partial charge is 0.340 e. The first kappa shape index (κ1) is 19.4. The highest BCUT2D eigenvalue weighted by Crippen LogP contribution is 2.24. The number of carbonyl (C=O) groups is 1. The topological polar surface area (TPSA) is 66.7 Å². The molecule has 6 nitrogen and oxygen atoms in total. The normalized spacial score (nSPS) is 12.2. The third-order valence-corrected chi connectivity index (χ3v) is 5.27. The fourth-order valence-corrected chi connectivity index (χ4v) is 3.52. The van der Waals surface area contributed by atoms with E-state index in [-0.39, 0.29) is 24.2 Å². The van der Waals surface area contributed by atoms with E-state index in [1.165, 1.54) is 17.4 Å². The van der Waals surface area contributed by atoms with Gasteiger partial charge in [0.2, 0.25) is 5.91 Å². The Morgan fingerprint density at radius 3 is 2.64 bits per heavy atom. The van der Waals surface area contributed by atoms with Crippen LogP contribution in [0.3, 0.4) is 0 Å². The number of hydrogen-bond donors (Lipinski definition) is 0. The van der Waals surface area contributed by atoms with Crippen LogP contribution >= 0.6 is 22.9 Å². The summed E-state index contributed by atoms with van der Waals surface area (Å²) in [7, 11) is 3.58. The van der Waals surface area contributed by atoms with Gasteiger partial charge in [-0.2, -0.15) is 0 Å². The quantitative estimate of drug-likeness (QED) is 0.537. The lowest BCUT2D eigenvalue weighted by Crippen LogP contribution is -2.37.